The van der Waals surface area contributed by atoms with E-state index in [-0.39, 0.29) is 12.4 Å². The number of aliphatic carboxylic acids is 1. The Bertz CT molecular complexity index is 414. The van der Waals surface area contributed by atoms with Crippen LogP contribution in [0.3, 0.4) is 0 Å². The van der Waals surface area contributed by atoms with Gasteiger partial charge < -0.3 is 14.7 Å². The van der Waals surface area contributed by atoms with Crippen LogP contribution in [0.15, 0.2) is 12.2 Å². The summed E-state index contributed by atoms with van der Waals surface area (Å²) in [6.07, 6.45) is 2.66. The minimum Gasteiger partial charge on any atom is -0.478 e. The molecule has 0 radical (unpaired) electrons. The summed E-state index contributed by atoms with van der Waals surface area (Å²) in [5, 5.41) is 8.26. The summed E-state index contributed by atoms with van der Waals surface area (Å²) in [7, 11) is -1.30. The van der Waals surface area contributed by atoms with E-state index in [1.165, 1.54) is 0 Å². The van der Waals surface area contributed by atoms with Crippen LogP contribution < -0.4 is 0 Å². The molecule has 0 aliphatic rings. The second-order valence-corrected chi connectivity index (χ2v) is 6.03. The third-order valence-electron chi connectivity index (χ3n) is 1.92. The number of esters is 1. The van der Waals surface area contributed by atoms with Crippen molar-refractivity contribution in [1.29, 1.82) is 0 Å². The smallest absolute Gasteiger partial charge is 0.331 e. The molecule has 0 fully saturated rings. The molecule has 0 aliphatic heterocycles. The van der Waals surface area contributed by atoms with E-state index in [2.05, 4.69) is 0 Å². The molecule has 0 atom stereocenters. The molecule has 0 saturated heterocycles. The van der Waals surface area contributed by atoms with Gasteiger partial charge in [-0.3, -0.25) is 0 Å². The molecule has 0 bridgehead atoms. The number of nitrogens with zero attached hydrogens (tertiary/aromatic N) is 1. The highest BCUT2D eigenvalue weighted by atomic mass is 32.2. The largest absolute Gasteiger partial charge is 0.478 e. The molecule has 0 spiro atoms. The van der Waals surface area contributed by atoms with Gasteiger partial charge in [0.2, 0.25) is 0 Å². The van der Waals surface area contributed by atoms with E-state index in [0.717, 1.165) is 12.3 Å². The number of carbonyl (C=O) groups excluding carboxylic acids is 1. The average Bonchev–Trinajstić information content (AvgIpc) is 2.22. The zero-order valence-corrected chi connectivity index (χ0v) is 11.1. The molecule has 0 aliphatic carbocycles. The molecular weight excluding hydrogens is 262 g/mol. The van der Waals surface area contributed by atoms with Crippen molar-refractivity contribution < 1.29 is 27.9 Å². The van der Waals surface area contributed by atoms with Gasteiger partial charge in [-0.1, -0.05) is 0 Å². The van der Waals surface area contributed by atoms with E-state index in [4.69, 9.17) is 9.84 Å². The lowest BCUT2D eigenvalue weighted by Gasteiger charge is -2.15. The first-order chi connectivity index (χ1) is 8.20. The summed E-state index contributed by atoms with van der Waals surface area (Å²) in [6.45, 7) is 0.798. The fraction of sp³-hybridized carbons (Fsp3) is 0.600. The van der Waals surface area contributed by atoms with E-state index < -0.39 is 21.8 Å². The van der Waals surface area contributed by atoms with Gasteiger partial charge >= 0.3 is 11.9 Å². The summed E-state index contributed by atoms with van der Waals surface area (Å²) in [5.74, 6) is -1.93. The molecule has 8 heteroatoms. The standard InChI is InChI=1S/C10H17NO6S/c1-11(6-8-18(2,15)16)5-7-17-10(14)4-3-9(12)13/h3-4H,5-8H2,1-2H3,(H,12,13). The molecular formula is C10H17NO6S. The minimum absolute atomic E-state index is 0.0381. The van der Waals surface area contributed by atoms with E-state index in [1.807, 2.05) is 0 Å². The number of carbonyl (C=O) groups is 2. The lowest BCUT2D eigenvalue weighted by Crippen LogP contribution is -2.29. The monoisotopic (exact) mass is 279 g/mol. The molecule has 0 rings (SSSR count). The van der Waals surface area contributed by atoms with Gasteiger partial charge in [-0.2, -0.15) is 0 Å². The van der Waals surface area contributed by atoms with Gasteiger partial charge in [0.15, 0.2) is 0 Å². The molecule has 0 aromatic carbocycles. The number of ether oxygens (including phenoxy) is 1. The Morgan fingerprint density at radius 1 is 1.28 bits per heavy atom. The van der Waals surface area contributed by atoms with E-state index in [9.17, 15) is 18.0 Å². The molecule has 0 heterocycles. The summed E-state index contributed by atoms with van der Waals surface area (Å²) in [5.41, 5.74) is 0. The van der Waals surface area contributed by atoms with Crippen LogP contribution in [0.1, 0.15) is 0 Å². The van der Waals surface area contributed by atoms with E-state index in [1.54, 1.807) is 11.9 Å². The van der Waals surface area contributed by atoms with Crippen LogP contribution in [0.4, 0.5) is 0 Å². The van der Waals surface area contributed by atoms with Crippen LogP contribution in [0, 0.1) is 0 Å². The summed E-state index contributed by atoms with van der Waals surface area (Å²) in [4.78, 5) is 22.8. The van der Waals surface area contributed by atoms with Crippen LogP contribution in [0.25, 0.3) is 0 Å². The van der Waals surface area contributed by atoms with Gasteiger partial charge in [0, 0.05) is 31.5 Å². The quantitative estimate of drug-likeness (QED) is 0.456. The van der Waals surface area contributed by atoms with Gasteiger partial charge in [0.1, 0.15) is 16.4 Å². The normalized spacial score (nSPS) is 11.9. The highest BCUT2D eigenvalue weighted by Crippen LogP contribution is 1.89. The third kappa shape index (κ3) is 11.1. The molecule has 18 heavy (non-hydrogen) atoms. The molecule has 0 aromatic heterocycles. The van der Waals surface area contributed by atoms with Crippen molar-refractivity contribution in [3.05, 3.63) is 12.2 Å². The Kier molecular flexibility index (Phi) is 7.21. The Hall–Kier alpha value is -1.41. The predicted molar refractivity (Wildman–Crippen MR) is 64.9 cm³/mol. The van der Waals surface area contributed by atoms with E-state index >= 15 is 0 Å². The Labute approximate surface area is 106 Å². The Morgan fingerprint density at radius 2 is 1.89 bits per heavy atom. The van der Waals surface area contributed by atoms with E-state index in [0.29, 0.717) is 19.2 Å². The Balaban J connectivity index is 3.78. The van der Waals surface area contributed by atoms with Gasteiger partial charge in [0.25, 0.3) is 0 Å². The lowest BCUT2D eigenvalue weighted by molar-refractivity contribution is -0.139. The molecule has 7 nitrogen and oxygen atoms in total. The first-order valence-electron chi connectivity index (χ1n) is 5.15. The zero-order valence-electron chi connectivity index (χ0n) is 10.3. The highest BCUT2D eigenvalue weighted by molar-refractivity contribution is 7.90. The van der Waals surface area contributed by atoms with Crippen LogP contribution in [0.2, 0.25) is 0 Å². The third-order valence-corrected chi connectivity index (χ3v) is 2.85. The number of sulfone groups is 1. The molecule has 1 N–H and O–H groups in total. The summed E-state index contributed by atoms with van der Waals surface area (Å²) in [6, 6.07) is 0. The van der Waals surface area contributed by atoms with Crippen molar-refractivity contribution in [3.8, 4) is 0 Å². The Morgan fingerprint density at radius 3 is 2.39 bits per heavy atom. The van der Waals surface area contributed by atoms with Crippen molar-refractivity contribution in [2.24, 2.45) is 0 Å². The number of carboxylic acids is 1. The van der Waals surface area contributed by atoms with Crippen LogP contribution in [0.5, 0.6) is 0 Å². The van der Waals surface area contributed by atoms with Crippen molar-refractivity contribution in [3.63, 3.8) is 0 Å². The van der Waals surface area contributed by atoms with Gasteiger partial charge in [-0.05, 0) is 7.05 Å². The number of likely N-dealkylation sites (N-methyl/N-ethyl adjacent to an activating group) is 1. The topological polar surface area (TPSA) is 101 Å². The van der Waals surface area contributed by atoms with Crippen molar-refractivity contribution in [2.45, 2.75) is 0 Å². The average molecular weight is 279 g/mol. The number of hydrogen-bond donors (Lipinski definition) is 1. The van der Waals surface area contributed by atoms with Crippen molar-refractivity contribution in [1.82, 2.24) is 4.90 Å². The minimum atomic E-state index is -3.00. The second-order valence-electron chi connectivity index (χ2n) is 3.77. The van der Waals surface area contributed by atoms with Crippen molar-refractivity contribution >= 4 is 21.8 Å². The fourth-order valence-corrected chi connectivity index (χ4v) is 1.57. The first kappa shape index (κ1) is 16.6. The molecule has 0 unspecified atom stereocenters. The number of rotatable bonds is 8. The summed E-state index contributed by atoms with van der Waals surface area (Å²) < 4.78 is 26.5. The predicted octanol–water partition coefficient (Wildman–Crippen LogP) is -0.853. The van der Waals surface area contributed by atoms with Gasteiger partial charge in [-0.15, -0.1) is 0 Å². The van der Waals surface area contributed by atoms with Crippen molar-refractivity contribution in [2.75, 3.05) is 38.8 Å². The van der Waals surface area contributed by atoms with Gasteiger partial charge in [-0.25, -0.2) is 18.0 Å². The maximum atomic E-state index is 11.0. The number of hydrogen-bond acceptors (Lipinski definition) is 6. The number of carboxylic acid groups (broad SMARTS) is 1. The van der Waals surface area contributed by atoms with Gasteiger partial charge in [0.05, 0.1) is 5.75 Å². The maximum Gasteiger partial charge on any atom is 0.331 e. The molecule has 0 saturated carbocycles. The van der Waals surface area contributed by atoms with Crippen LogP contribution >= 0.6 is 0 Å². The van der Waals surface area contributed by atoms with Crippen LogP contribution in [-0.2, 0) is 24.2 Å². The molecule has 0 amide bonds. The second kappa shape index (κ2) is 7.83. The SMILES string of the molecule is CN(CCOC(=O)C=CC(=O)O)CCS(C)(=O)=O. The molecule has 0 aromatic rings. The first-order valence-corrected chi connectivity index (χ1v) is 7.21. The fourth-order valence-electron chi connectivity index (χ4n) is 0.923. The van der Waals surface area contributed by atoms with Crippen LogP contribution in [-0.4, -0.2) is 69.1 Å². The molecule has 104 valence electrons. The lowest BCUT2D eigenvalue weighted by atomic mass is 10.5. The maximum absolute atomic E-state index is 11.0. The summed E-state index contributed by atoms with van der Waals surface area (Å²) >= 11 is 0. The highest BCUT2D eigenvalue weighted by Gasteiger charge is 2.06. The zero-order chi connectivity index (χ0) is 14.2.